The molecule has 0 aliphatic rings. The smallest absolute Gasteiger partial charge is 0.264 e. The summed E-state index contributed by atoms with van der Waals surface area (Å²) in [6.45, 7) is 6.95. The number of rotatable bonds is 13. The molecule has 2 atom stereocenters. The number of anilines is 1. The number of carbonyl (C=O) groups is 2. The molecule has 3 rings (SSSR count). The summed E-state index contributed by atoms with van der Waals surface area (Å²) in [7, 11) is -1.12. The van der Waals surface area contributed by atoms with Crippen molar-refractivity contribution >= 4 is 27.5 Å². The maximum absolute atomic E-state index is 14.0. The molecule has 2 amide bonds. The van der Waals surface area contributed by atoms with Crippen molar-refractivity contribution in [2.75, 3.05) is 25.1 Å². The SMILES string of the molecule is CCC(C)NC(=O)C(C)N(Cc1cccc(OC)c1)C(=O)CN(c1ccc(C)cc1)S(=O)(=O)c1ccc(OC)cc1. The molecule has 0 saturated heterocycles. The fraction of sp³-hybridized carbons (Fsp3) is 0.355. The van der Waals surface area contributed by atoms with Gasteiger partial charge in [0.25, 0.3) is 10.0 Å². The number of amides is 2. The molecule has 0 aromatic heterocycles. The quantitative estimate of drug-likeness (QED) is 0.318. The standard InChI is InChI=1S/C31H39N3O6S/c1-7-23(3)32-31(36)24(4)33(20-25-9-8-10-28(19-25)40-6)30(35)21-34(26-13-11-22(2)12-14-26)41(37,38)29-17-15-27(39-5)16-18-29/h8-19,23-24H,7,20-21H2,1-6H3,(H,32,36). The van der Waals surface area contributed by atoms with Crippen LogP contribution in [-0.4, -0.2) is 58.0 Å². The second-order valence-electron chi connectivity index (χ2n) is 9.89. The van der Waals surface area contributed by atoms with Crippen LogP contribution >= 0.6 is 0 Å². The summed E-state index contributed by atoms with van der Waals surface area (Å²) in [6.07, 6.45) is 0.726. The molecule has 9 nitrogen and oxygen atoms in total. The van der Waals surface area contributed by atoms with Crippen molar-refractivity contribution in [2.24, 2.45) is 0 Å². The van der Waals surface area contributed by atoms with Gasteiger partial charge in [-0.3, -0.25) is 13.9 Å². The van der Waals surface area contributed by atoms with Crippen molar-refractivity contribution in [3.8, 4) is 11.5 Å². The number of ether oxygens (including phenoxy) is 2. The average Bonchev–Trinajstić information content (AvgIpc) is 2.98. The van der Waals surface area contributed by atoms with Crippen LogP contribution in [0.5, 0.6) is 11.5 Å². The van der Waals surface area contributed by atoms with Crippen molar-refractivity contribution in [2.45, 2.75) is 57.6 Å². The van der Waals surface area contributed by atoms with E-state index < -0.39 is 28.5 Å². The number of nitrogens with zero attached hydrogens (tertiary/aromatic N) is 2. The molecule has 2 unspecified atom stereocenters. The van der Waals surface area contributed by atoms with Crippen molar-refractivity contribution in [3.05, 3.63) is 83.9 Å². The largest absolute Gasteiger partial charge is 0.497 e. The predicted octanol–water partition coefficient (Wildman–Crippen LogP) is 4.54. The van der Waals surface area contributed by atoms with Crippen molar-refractivity contribution in [1.29, 1.82) is 0 Å². The summed E-state index contributed by atoms with van der Waals surface area (Å²) in [5.74, 6) is 0.260. The van der Waals surface area contributed by atoms with Gasteiger partial charge in [0, 0.05) is 12.6 Å². The van der Waals surface area contributed by atoms with Crippen LogP contribution in [0.3, 0.4) is 0 Å². The Labute approximate surface area is 243 Å². The third kappa shape index (κ3) is 8.00. The zero-order valence-electron chi connectivity index (χ0n) is 24.5. The van der Waals surface area contributed by atoms with E-state index in [0.717, 1.165) is 21.9 Å². The summed E-state index contributed by atoms with van der Waals surface area (Å²) < 4.78 is 39.4. The van der Waals surface area contributed by atoms with Crippen LogP contribution in [0.25, 0.3) is 0 Å². The van der Waals surface area contributed by atoms with Crippen molar-refractivity contribution in [1.82, 2.24) is 10.2 Å². The van der Waals surface area contributed by atoms with Crippen LogP contribution in [0, 0.1) is 6.92 Å². The number of methoxy groups -OCH3 is 2. The van der Waals surface area contributed by atoms with Gasteiger partial charge >= 0.3 is 0 Å². The van der Waals surface area contributed by atoms with Gasteiger partial charge in [-0.2, -0.15) is 0 Å². The number of hydrogen-bond donors (Lipinski definition) is 1. The van der Waals surface area contributed by atoms with Gasteiger partial charge in [-0.05, 0) is 81.3 Å². The van der Waals surface area contributed by atoms with Crippen LogP contribution in [0.1, 0.15) is 38.3 Å². The van der Waals surface area contributed by atoms with E-state index in [1.807, 2.05) is 26.8 Å². The first-order valence-corrected chi connectivity index (χ1v) is 14.9. The van der Waals surface area contributed by atoms with E-state index >= 15 is 0 Å². The fourth-order valence-electron chi connectivity index (χ4n) is 4.13. The minimum atomic E-state index is -4.16. The molecule has 0 heterocycles. The summed E-state index contributed by atoms with van der Waals surface area (Å²) in [5.41, 5.74) is 2.01. The first kappa shape index (κ1) is 31.5. The first-order chi connectivity index (χ1) is 19.5. The van der Waals surface area contributed by atoms with Gasteiger partial charge in [0.2, 0.25) is 11.8 Å². The number of carbonyl (C=O) groups excluding carboxylic acids is 2. The van der Waals surface area contributed by atoms with E-state index in [1.165, 1.54) is 24.1 Å². The molecule has 0 aliphatic carbocycles. The monoisotopic (exact) mass is 581 g/mol. The van der Waals surface area contributed by atoms with E-state index in [-0.39, 0.29) is 23.4 Å². The van der Waals surface area contributed by atoms with Crippen molar-refractivity contribution in [3.63, 3.8) is 0 Å². The van der Waals surface area contributed by atoms with E-state index in [2.05, 4.69) is 5.32 Å². The highest BCUT2D eigenvalue weighted by atomic mass is 32.2. The topological polar surface area (TPSA) is 105 Å². The van der Waals surface area contributed by atoms with Gasteiger partial charge < -0.3 is 19.7 Å². The Morgan fingerprint density at radius 2 is 1.54 bits per heavy atom. The van der Waals surface area contributed by atoms with Crippen LogP contribution in [-0.2, 0) is 26.2 Å². The second kappa shape index (κ2) is 14.0. The molecule has 0 fully saturated rings. The summed E-state index contributed by atoms with van der Waals surface area (Å²) in [4.78, 5) is 28.6. The van der Waals surface area contributed by atoms with E-state index in [9.17, 15) is 18.0 Å². The third-order valence-electron chi connectivity index (χ3n) is 6.90. The van der Waals surface area contributed by atoms with Crippen LogP contribution in [0.2, 0.25) is 0 Å². The number of benzene rings is 3. The Balaban J connectivity index is 2.03. The number of sulfonamides is 1. The van der Waals surface area contributed by atoms with Gasteiger partial charge in [0.05, 0.1) is 24.8 Å². The Hall–Kier alpha value is -4.05. The molecule has 0 spiro atoms. The summed E-state index contributed by atoms with van der Waals surface area (Å²) in [5, 5.41) is 2.93. The normalized spacial score (nSPS) is 12.6. The molecule has 3 aromatic carbocycles. The van der Waals surface area contributed by atoms with Gasteiger partial charge in [0.1, 0.15) is 24.1 Å². The minimum absolute atomic E-state index is 0.00795. The second-order valence-corrected chi connectivity index (χ2v) is 11.8. The van der Waals surface area contributed by atoms with E-state index in [1.54, 1.807) is 68.6 Å². The molecule has 0 saturated carbocycles. The Kier molecular flexibility index (Phi) is 10.8. The molecule has 10 heteroatoms. The lowest BCUT2D eigenvalue weighted by molar-refractivity contribution is -0.139. The van der Waals surface area contributed by atoms with Gasteiger partial charge in [-0.25, -0.2) is 8.42 Å². The molecule has 0 aliphatic heterocycles. The summed E-state index contributed by atoms with van der Waals surface area (Å²) in [6, 6.07) is 19.1. The fourth-order valence-corrected chi connectivity index (χ4v) is 5.54. The highest BCUT2D eigenvalue weighted by molar-refractivity contribution is 7.92. The Bertz CT molecular complexity index is 1420. The van der Waals surface area contributed by atoms with Crippen molar-refractivity contribution < 1.29 is 27.5 Å². The van der Waals surface area contributed by atoms with Crippen LogP contribution in [0.4, 0.5) is 5.69 Å². The van der Waals surface area contributed by atoms with E-state index in [4.69, 9.17) is 9.47 Å². The Morgan fingerprint density at radius 1 is 0.902 bits per heavy atom. The zero-order valence-corrected chi connectivity index (χ0v) is 25.3. The lowest BCUT2D eigenvalue weighted by Crippen LogP contribution is -2.52. The molecule has 0 bridgehead atoms. The number of hydrogen-bond acceptors (Lipinski definition) is 6. The van der Waals surface area contributed by atoms with Gasteiger partial charge in [-0.15, -0.1) is 0 Å². The maximum atomic E-state index is 14.0. The maximum Gasteiger partial charge on any atom is 0.264 e. The zero-order chi connectivity index (χ0) is 30.2. The van der Waals surface area contributed by atoms with Crippen LogP contribution < -0.4 is 19.1 Å². The lowest BCUT2D eigenvalue weighted by atomic mass is 10.1. The lowest BCUT2D eigenvalue weighted by Gasteiger charge is -2.32. The molecule has 1 N–H and O–H groups in total. The predicted molar refractivity (Wildman–Crippen MR) is 160 cm³/mol. The first-order valence-electron chi connectivity index (χ1n) is 13.5. The molecular formula is C31H39N3O6S. The van der Waals surface area contributed by atoms with Gasteiger partial charge in [0.15, 0.2) is 0 Å². The minimum Gasteiger partial charge on any atom is -0.497 e. The molecule has 220 valence electrons. The summed E-state index contributed by atoms with van der Waals surface area (Å²) >= 11 is 0. The number of nitrogens with one attached hydrogen (secondary N) is 1. The molecule has 41 heavy (non-hydrogen) atoms. The highest BCUT2D eigenvalue weighted by Crippen LogP contribution is 2.26. The number of aryl methyl sites for hydroxylation is 1. The third-order valence-corrected chi connectivity index (χ3v) is 8.69. The van der Waals surface area contributed by atoms with Crippen LogP contribution in [0.15, 0.2) is 77.7 Å². The van der Waals surface area contributed by atoms with E-state index in [0.29, 0.717) is 17.2 Å². The molecule has 3 aromatic rings. The Morgan fingerprint density at radius 3 is 2.12 bits per heavy atom. The van der Waals surface area contributed by atoms with Gasteiger partial charge in [-0.1, -0.05) is 36.8 Å². The average molecular weight is 582 g/mol. The highest BCUT2D eigenvalue weighted by Gasteiger charge is 2.33. The molecule has 0 radical (unpaired) electrons. The molecular weight excluding hydrogens is 542 g/mol.